The van der Waals surface area contributed by atoms with Crippen molar-refractivity contribution in [2.75, 3.05) is 59.5 Å². The minimum atomic E-state index is -2.31. The van der Waals surface area contributed by atoms with Crippen molar-refractivity contribution in [3.63, 3.8) is 0 Å². The van der Waals surface area contributed by atoms with E-state index >= 15 is 0 Å². The summed E-state index contributed by atoms with van der Waals surface area (Å²) in [6.45, 7) is 9.71. The second kappa shape index (κ2) is 14.4. The maximum atomic E-state index is 14.5. The fourth-order valence-corrected chi connectivity index (χ4v) is 14.5. The van der Waals surface area contributed by atoms with Crippen molar-refractivity contribution in [2.24, 2.45) is 11.3 Å². The Morgan fingerprint density at radius 2 is 1.76 bits per heavy atom. The molecular formula is C49H60N4O10. The zero-order valence-corrected chi connectivity index (χ0v) is 37.6. The average molecular weight is 865 g/mol. The largest absolute Gasteiger partial charge is 0.496 e. The van der Waals surface area contributed by atoms with Gasteiger partial charge in [-0.15, -0.1) is 0 Å². The van der Waals surface area contributed by atoms with Crippen molar-refractivity contribution < 1.29 is 48.0 Å². The summed E-state index contributed by atoms with van der Waals surface area (Å²) in [4.78, 5) is 66.3. The van der Waals surface area contributed by atoms with E-state index in [2.05, 4.69) is 46.0 Å². The number of esters is 3. The third-order valence-corrected chi connectivity index (χ3v) is 16.9. The fraction of sp³-hybridized carbons (Fsp3) is 0.592. The average Bonchev–Trinajstić information content (AvgIpc) is 3.57. The molecule has 336 valence electrons. The van der Waals surface area contributed by atoms with Crippen molar-refractivity contribution in [3.05, 3.63) is 70.9 Å². The number of anilines is 1. The number of hydrogen-bond acceptors (Lipinski definition) is 13. The molecule has 7 heterocycles. The number of ether oxygens (including phenoxy) is 5. The molecule has 3 aromatic rings. The number of carbonyl (C=O) groups excluding carboxylic acids is 4. The molecule has 0 amide bonds. The summed E-state index contributed by atoms with van der Waals surface area (Å²) in [6.07, 6.45) is 5.43. The molecule has 1 saturated carbocycles. The highest BCUT2D eigenvalue weighted by molar-refractivity contribution is 5.90. The third-order valence-electron chi connectivity index (χ3n) is 16.9. The van der Waals surface area contributed by atoms with Gasteiger partial charge in [-0.2, -0.15) is 0 Å². The number of Topliss-reactive ketones (excluding diaryl/α,β-unsaturated/α-hetero) is 1. The summed E-state index contributed by atoms with van der Waals surface area (Å²) in [5.41, 5.74) is -0.594. The molecule has 2 bridgehead atoms. The van der Waals surface area contributed by atoms with Crippen LogP contribution < -0.4 is 9.64 Å². The van der Waals surface area contributed by atoms with Gasteiger partial charge in [0.25, 0.3) is 0 Å². The number of aromatic amines is 1. The molecule has 0 radical (unpaired) electrons. The van der Waals surface area contributed by atoms with Gasteiger partial charge in [-0.1, -0.05) is 44.2 Å². The SMILES string of the molecule is CCC12CN3CC(CC(CC(=O)OC)(c4cc5c(cc4OC)N(C)C4C(O)(C(=O)OC)C(OC(C)=O)C6(CC)C=CCN7CCC54C76)c4[nH]c5ccccc5c4CC3C(C)=O)C1O2. The molecule has 1 spiro atoms. The summed E-state index contributed by atoms with van der Waals surface area (Å²) < 4.78 is 30.5. The Balaban J connectivity index is 1.29. The van der Waals surface area contributed by atoms with Crippen molar-refractivity contribution in [3.8, 4) is 5.75 Å². The Kier molecular flexibility index (Phi) is 9.63. The molecule has 2 N–H and O–H groups in total. The molecule has 12 atom stereocenters. The smallest absolute Gasteiger partial charge is 0.344 e. The molecule has 63 heavy (non-hydrogen) atoms. The van der Waals surface area contributed by atoms with Gasteiger partial charge in [-0.25, -0.2) is 4.79 Å². The number of hydrogen-bond donors (Lipinski definition) is 2. The molecule has 12 unspecified atom stereocenters. The predicted molar refractivity (Wildman–Crippen MR) is 233 cm³/mol. The van der Waals surface area contributed by atoms with Gasteiger partial charge in [0, 0.05) is 90.3 Å². The number of nitrogens with one attached hydrogen (secondary N) is 1. The van der Waals surface area contributed by atoms with Crippen molar-refractivity contribution >= 4 is 40.3 Å². The van der Waals surface area contributed by atoms with Crippen LogP contribution in [-0.4, -0.2) is 140 Å². The van der Waals surface area contributed by atoms with Crippen molar-refractivity contribution in [1.82, 2.24) is 14.8 Å². The third kappa shape index (κ3) is 5.44. The predicted octanol–water partition coefficient (Wildman–Crippen LogP) is 4.36. The first-order valence-electron chi connectivity index (χ1n) is 22.6. The van der Waals surface area contributed by atoms with E-state index < -0.39 is 63.5 Å². The lowest BCUT2D eigenvalue weighted by molar-refractivity contribution is -0.228. The molecule has 1 aromatic heterocycles. The van der Waals surface area contributed by atoms with E-state index in [4.69, 9.17) is 23.7 Å². The summed E-state index contributed by atoms with van der Waals surface area (Å²) in [5, 5.41) is 14.4. The van der Waals surface area contributed by atoms with Crippen molar-refractivity contribution in [2.45, 2.75) is 119 Å². The van der Waals surface area contributed by atoms with Crippen LogP contribution in [0.15, 0.2) is 48.6 Å². The number of benzene rings is 2. The highest BCUT2D eigenvalue weighted by Gasteiger charge is 2.80. The first-order chi connectivity index (χ1) is 30.1. The fourth-order valence-electron chi connectivity index (χ4n) is 14.5. The molecular weight excluding hydrogens is 805 g/mol. The standard InChI is InChI=1S/C49H60N4O10/c1-9-45-16-13-18-52-19-17-48(41(45)52)32-21-33(37(59-6)22-36(32)51(5)42(48)49(58,44(57)61-8)43(45)62-28(4)55)46(24-38(56)60-7)23-29-25-53(26-47(10-2)40(29)63-47)35(27(3)54)20-31-30-14-11-12-15-34(30)50-39(31)46/h11-16,21-22,29,35,40-43,50,58H,9-10,17-20,23-26H2,1-8H3. The Morgan fingerprint density at radius 1 is 0.984 bits per heavy atom. The maximum Gasteiger partial charge on any atom is 0.344 e. The quantitative estimate of drug-likeness (QED) is 0.135. The summed E-state index contributed by atoms with van der Waals surface area (Å²) >= 11 is 0. The number of fused-ring (bicyclic) bond motifs is 8. The second-order valence-corrected chi connectivity index (χ2v) is 19.5. The van der Waals surface area contributed by atoms with Crippen LogP contribution in [0.1, 0.15) is 82.2 Å². The monoisotopic (exact) mass is 864 g/mol. The van der Waals surface area contributed by atoms with E-state index in [9.17, 15) is 24.3 Å². The number of H-pyrrole nitrogens is 1. The van der Waals surface area contributed by atoms with Crippen LogP contribution in [-0.2, 0) is 55.4 Å². The minimum absolute atomic E-state index is 0.0460. The zero-order valence-electron chi connectivity index (χ0n) is 37.6. The van der Waals surface area contributed by atoms with E-state index in [0.29, 0.717) is 57.6 Å². The molecule has 14 heteroatoms. The van der Waals surface area contributed by atoms with Gasteiger partial charge < -0.3 is 38.7 Å². The number of ketones is 1. The van der Waals surface area contributed by atoms with Gasteiger partial charge in [-0.05, 0) is 68.8 Å². The van der Waals surface area contributed by atoms with Crippen LogP contribution in [0.4, 0.5) is 5.69 Å². The van der Waals surface area contributed by atoms with Gasteiger partial charge in [-0.3, -0.25) is 24.2 Å². The Morgan fingerprint density at radius 3 is 2.44 bits per heavy atom. The number of nitrogens with zero attached hydrogens (tertiary/aromatic N) is 3. The number of methoxy groups -OCH3 is 3. The number of piperidine rings is 1. The lowest BCUT2D eigenvalue weighted by Gasteiger charge is -2.63. The van der Waals surface area contributed by atoms with E-state index in [0.717, 1.165) is 45.4 Å². The molecule has 3 saturated heterocycles. The van der Waals surface area contributed by atoms with Crippen LogP contribution in [0.2, 0.25) is 0 Å². The van der Waals surface area contributed by atoms with Crippen LogP contribution in [0, 0.1) is 11.3 Å². The number of aromatic nitrogens is 1. The van der Waals surface area contributed by atoms with E-state index in [1.165, 1.54) is 21.1 Å². The van der Waals surface area contributed by atoms with Crippen LogP contribution in [0.3, 0.4) is 0 Å². The first-order valence-corrected chi connectivity index (χ1v) is 22.6. The normalized spacial score (nSPS) is 38.2. The lowest BCUT2D eigenvalue weighted by atomic mass is 9.47. The van der Waals surface area contributed by atoms with Crippen molar-refractivity contribution in [1.29, 1.82) is 0 Å². The first kappa shape index (κ1) is 42.2. The van der Waals surface area contributed by atoms with E-state index in [1.807, 2.05) is 43.1 Å². The minimum Gasteiger partial charge on any atom is -0.496 e. The Hall–Kier alpha value is -4.76. The summed E-state index contributed by atoms with van der Waals surface area (Å²) in [5.74, 6) is -1.37. The molecule has 6 aliphatic heterocycles. The molecule has 4 fully saturated rings. The topological polar surface area (TPSA) is 163 Å². The lowest BCUT2D eigenvalue weighted by Crippen LogP contribution is -2.81. The number of carbonyl (C=O) groups is 4. The Bertz CT molecular complexity index is 2470. The molecule has 1 aliphatic carbocycles. The maximum absolute atomic E-state index is 14.5. The summed E-state index contributed by atoms with van der Waals surface area (Å²) in [6, 6.07) is 10.6. The summed E-state index contributed by atoms with van der Waals surface area (Å²) in [7, 11) is 6.18. The van der Waals surface area contributed by atoms with Crippen LogP contribution >= 0.6 is 0 Å². The van der Waals surface area contributed by atoms with E-state index in [-0.39, 0.29) is 30.3 Å². The number of epoxide rings is 1. The zero-order chi connectivity index (χ0) is 44.6. The van der Waals surface area contributed by atoms with Gasteiger partial charge in [0.2, 0.25) is 5.60 Å². The van der Waals surface area contributed by atoms with Crippen LogP contribution in [0.25, 0.3) is 10.9 Å². The Labute approximate surface area is 368 Å². The molecule has 14 nitrogen and oxygen atoms in total. The van der Waals surface area contributed by atoms with Gasteiger partial charge in [0.1, 0.15) is 17.1 Å². The molecule has 7 aliphatic rings. The highest BCUT2D eigenvalue weighted by atomic mass is 16.6. The molecule has 10 rings (SSSR count). The van der Waals surface area contributed by atoms with Crippen LogP contribution in [0.5, 0.6) is 5.75 Å². The molecule has 2 aromatic carbocycles. The highest BCUT2D eigenvalue weighted by Crippen LogP contribution is 2.68. The number of rotatable bonds is 9. The van der Waals surface area contributed by atoms with Gasteiger partial charge >= 0.3 is 17.9 Å². The van der Waals surface area contributed by atoms with E-state index in [1.54, 1.807) is 14.0 Å². The van der Waals surface area contributed by atoms with Gasteiger partial charge in [0.15, 0.2) is 6.10 Å². The number of likely N-dealkylation sites (N-methyl/N-ethyl adjacent to an activating group) is 1. The van der Waals surface area contributed by atoms with Gasteiger partial charge in [0.05, 0.1) is 51.4 Å². The number of aliphatic hydroxyl groups is 1. The number of para-hydroxylation sites is 1. The second-order valence-electron chi connectivity index (χ2n) is 19.5.